The van der Waals surface area contributed by atoms with Crippen molar-refractivity contribution in [3.05, 3.63) is 29.8 Å². The van der Waals surface area contributed by atoms with E-state index in [0.29, 0.717) is 12.1 Å². The lowest BCUT2D eigenvalue weighted by atomic mass is 10.1. The molecule has 1 amide bonds. The van der Waals surface area contributed by atoms with Crippen molar-refractivity contribution < 1.29 is 13.2 Å². The standard InChI is InChI=1S/C15H20N4O3S/c1-10-9-16-7-8-19(10)15(20)11(2)17-14-12-5-3-4-6-13(12)23(21,22)18-14/h3-6,10-11,16H,7-9H2,1-2H3,(H,17,18)/t10-,11?/m1/s1. The number of benzene rings is 1. The molecule has 1 aromatic rings. The molecule has 2 aliphatic heterocycles. The molecule has 1 saturated heterocycles. The van der Waals surface area contributed by atoms with Crippen molar-refractivity contribution in [2.75, 3.05) is 19.6 Å². The molecular formula is C15H20N4O3S. The predicted octanol–water partition coefficient (Wildman–Crippen LogP) is -0.0661. The molecule has 2 atom stereocenters. The summed E-state index contributed by atoms with van der Waals surface area (Å²) in [5.41, 5.74) is 0.514. The van der Waals surface area contributed by atoms with Crippen molar-refractivity contribution >= 4 is 21.8 Å². The number of piperazine rings is 1. The van der Waals surface area contributed by atoms with Crippen molar-refractivity contribution in [1.82, 2.24) is 14.9 Å². The molecule has 0 spiro atoms. The topological polar surface area (TPSA) is 90.9 Å². The van der Waals surface area contributed by atoms with Gasteiger partial charge in [-0.1, -0.05) is 12.1 Å². The molecule has 2 N–H and O–H groups in total. The Hall–Kier alpha value is -1.93. The zero-order chi connectivity index (χ0) is 16.6. The molecule has 23 heavy (non-hydrogen) atoms. The van der Waals surface area contributed by atoms with Crippen LogP contribution < -0.4 is 10.0 Å². The smallest absolute Gasteiger partial charge is 0.263 e. The van der Waals surface area contributed by atoms with E-state index in [1.54, 1.807) is 30.0 Å². The number of aliphatic imine (C=N–C) groups is 1. The van der Waals surface area contributed by atoms with Gasteiger partial charge in [0, 0.05) is 31.2 Å². The van der Waals surface area contributed by atoms with Crippen LogP contribution in [0.2, 0.25) is 0 Å². The summed E-state index contributed by atoms with van der Waals surface area (Å²) in [7, 11) is -3.58. The Morgan fingerprint density at radius 3 is 2.87 bits per heavy atom. The Morgan fingerprint density at radius 2 is 2.13 bits per heavy atom. The normalized spacial score (nSPS) is 25.7. The summed E-state index contributed by atoms with van der Waals surface area (Å²) in [6, 6.07) is 6.10. The van der Waals surface area contributed by atoms with Crippen LogP contribution >= 0.6 is 0 Å². The second-order valence-corrected chi connectivity index (χ2v) is 7.49. The van der Waals surface area contributed by atoms with Gasteiger partial charge < -0.3 is 10.2 Å². The van der Waals surface area contributed by atoms with Gasteiger partial charge in [-0.25, -0.2) is 8.42 Å². The van der Waals surface area contributed by atoms with E-state index in [4.69, 9.17) is 0 Å². The zero-order valence-corrected chi connectivity index (χ0v) is 13.9. The van der Waals surface area contributed by atoms with Crippen molar-refractivity contribution in [1.29, 1.82) is 0 Å². The van der Waals surface area contributed by atoms with Crippen molar-refractivity contribution in [3.8, 4) is 0 Å². The third kappa shape index (κ3) is 2.96. The van der Waals surface area contributed by atoms with Crippen LogP contribution in [0.1, 0.15) is 19.4 Å². The molecule has 7 nitrogen and oxygen atoms in total. The highest BCUT2D eigenvalue weighted by atomic mass is 32.2. The highest BCUT2D eigenvalue weighted by Gasteiger charge is 2.32. The molecule has 2 aliphatic rings. The van der Waals surface area contributed by atoms with E-state index in [1.807, 2.05) is 6.92 Å². The third-order valence-corrected chi connectivity index (χ3v) is 5.52. The first-order valence-corrected chi connectivity index (χ1v) is 9.09. The minimum atomic E-state index is -3.58. The summed E-state index contributed by atoms with van der Waals surface area (Å²) < 4.78 is 26.6. The first-order valence-electron chi connectivity index (χ1n) is 7.61. The highest BCUT2D eigenvalue weighted by Crippen LogP contribution is 2.22. The van der Waals surface area contributed by atoms with Crippen molar-refractivity contribution in [2.45, 2.75) is 30.8 Å². The third-order valence-electron chi connectivity index (χ3n) is 4.13. The number of carbonyl (C=O) groups excluding carboxylic acids is 1. The lowest BCUT2D eigenvalue weighted by Gasteiger charge is -2.35. The van der Waals surface area contributed by atoms with Crippen LogP contribution in [0.5, 0.6) is 0 Å². The van der Waals surface area contributed by atoms with Crippen LogP contribution in [0, 0.1) is 0 Å². The Balaban J connectivity index is 1.86. The van der Waals surface area contributed by atoms with Crippen LogP contribution in [-0.4, -0.2) is 56.8 Å². The molecular weight excluding hydrogens is 316 g/mol. The largest absolute Gasteiger partial charge is 0.336 e. The molecule has 1 aromatic carbocycles. The van der Waals surface area contributed by atoms with Gasteiger partial charge in [0.2, 0.25) is 5.91 Å². The molecule has 1 fully saturated rings. The molecule has 3 rings (SSSR count). The molecule has 8 heteroatoms. The van der Waals surface area contributed by atoms with Crippen molar-refractivity contribution in [2.24, 2.45) is 4.99 Å². The first-order chi connectivity index (χ1) is 10.9. The molecule has 0 aliphatic carbocycles. The second kappa shape index (κ2) is 5.93. The van der Waals surface area contributed by atoms with Gasteiger partial charge in [0.25, 0.3) is 10.0 Å². The monoisotopic (exact) mass is 336 g/mol. The molecule has 0 aromatic heterocycles. The second-order valence-electron chi connectivity index (χ2n) is 5.84. The van der Waals surface area contributed by atoms with Gasteiger partial charge in [0.15, 0.2) is 0 Å². The maximum atomic E-state index is 12.6. The van der Waals surface area contributed by atoms with Crippen LogP contribution in [0.3, 0.4) is 0 Å². The summed E-state index contributed by atoms with van der Waals surface area (Å²) in [6.07, 6.45) is 0. The van der Waals surface area contributed by atoms with Crippen LogP contribution in [0.25, 0.3) is 0 Å². The van der Waals surface area contributed by atoms with Gasteiger partial charge in [0.1, 0.15) is 11.9 Å². The van der Waals surface area contributed by atoms with Gasteiger partial charge in [0.05, 0.1) is 4.90 Å². The van der Waals surface area contributed by atoms with E-state index in [1.165, 1.54) is 6.07 Å². The van der Waals surface area contributed by atoms with Gasteiger partial charge in [-0.2, -0.15) is 0 Å². The number of rotatable bonds is 2. The van der Waals surface area contributed by atoms with Gasteiger partial charge in [-0.3, -0.25) is 14.5 Å². The fourth-order valence-electron chi connectivity index (χ4n) is 2.89. The quantitative estimate of drug-likeness (QED) is 0.791. The average Bonchev–Trinajstić information content (AvgIpc) is 2.78. The fraction of sp³-hybridized carbons (Fsp3) is 0.467. The number of amides is 1. The molecule has 0 saturated carbocycles. The van der Waals surface area contributed by atoms with Crippen LogP contribution in [0.4, 0.5) is 0 Å². The zero-order valence-electron chi connectivity index (χ0n) is 13.1. The van der Waals surface area contributed by atoms with E-state index in [0.717, 1.165) is 13.1 Å². The molecule has 1 unspecified atom stereocenters. The average molecular weight is 336 g/mol. The maximum Gasteiger partial charge on any atom is 0.263 e. The lowest BCUT2D eigenvalue weighted by Crippen LogP contribution is -2.54. The number of amidine groups is 1. The Kier molecular flexibility index (Phi) is 4.11. The summed E-state index contributed by atoms with van der Waals surface area (Å²) in [5, 5.41) is 3.23. The fourth-order valence-corrected chi connectivity index (χ4v) is 4.13. The number of carbonyl (C=O) groups is 1. The van der Waals surface area contributed by atoms with E-state index < -0.39 is 16.1 Å². The summed E-state index contributed by atoms with van der Waals surface area (Å²) >= 11 is 0. The van der Waals surface area contributed by atoms with E-state index in [-0.39, 0.29) is 22.7 Å². The first kappa shape index (κ1) is 15.9. The molecule has 0 radical (unpaired) electrons. The number of hydrogen-bond donors (Lipinski definition) is 2. The number of nitrogens with one attached hydrogen (secondary N) is 2. The minimum Gasteiger partial charge on any atom is -0.336 e. The van der Waals surface area contributed by atoms with E-state index in [9.17, 15) is 13.2 Å². The molecule has 2 heterocycles. The highest BCUT2D eigenvalue weighted by molar-refractivity contribution is 7.90. The Bertz CT molecular complexity index is 760. The van der Waals surface area contributed by atoms with E-state index in [2.05, 4.69) is 15.0 Å². The Morgan fingerprint density at radius 1 is 1.39 bits per heavy atom. The van der Waals surface area contributed by atoms with Crippen LogP contribution in [0.15, 0.2) is 34.2 Å². The number of sulfonamides is 1. The van der Waals surface area contributed by atoms with Gasteiger partial charge in [-0.05, 0) is 26.0 Å². The van der Waals surface area contributed by atoms with Crippen molar-refractivity contribution in [3.63, 3.8) is 0 Å². The predicted molar refractivity (Wildman–Crippen MR) is 86.8 cm³/mol. The summed E-state index contributed by atoms with van der Waals surface area (Å²) in [4.78, 5) is 18.9. The summed E-state index contributed by atoms with van der Waals surface area (Å²) in [6.45, 7) is 5.83. The van der Waals surface area contributed by atoms with Gasteiger partial charge in [-0.15, -0.1) is 0 Å². The molecule has 124 valence electrons. The van der Waals surface area contributed by atoms with Gasteiger partial charge >= 0.3 is 0 Å². The minimum absolute atomic E-state index is 0.0879. The van der Waals surface area contributed by atoms with Crippen LogP contribution in [-0.2, 0) is 14.8 Å². The SMILES string of the molecule is CC(N=C1NS(=O)(=O)c2ccccc21)C(=O)N1CCNC[C@H]1C. The number of fused-ring (bicyclic) bond motifs is 1. The Labute approximate surface area is 135 Å². The maximum absolute atomic E-state index is 12.6. The number of hydrogen-bond acceptors (Lipinski definition) is 5. The molecule has 0 bridgehead atoms. The lowest BCUT2D eigenvalue weighted by molar-refractivity contribution is -0.134. The summed E-state index contributed by atoms with van der Waals surface area (Å²) in [5.74, 6) is 0.152. The number of nitrogens with zero attached hydrogens (tertiary/aromatic N) is 2. The van der Waals surface area contributed by atoms with E-state index >= 15 is 0 Å².